The summed E-state index contributed by atoms with van der Waals surface area (Å²) in [4.78, 5) is 4.13. The van der Waals surface area contributed by atoms with Crippen LogP contribution in [0.3, 0.4) is 0 Å². The fourth-order valence-electron chi connectivity index (χ4n) is 0.874. The highest BCUT2D eigenvalue weighted by atomic mass is 15.0. The summed E-state index contributed by atoms with van der Waals surface area (Å²) in [6, 6.07) is 4.09. The smallest absolute Gasteiger partial charge is 0.149 e. The topological polar surface area (TPSA) is 50.9 Å². The van der Waals surface area contributed by atoms with Gasteiger partial charge in [0.1, 0.15) is 5.82 Å². The summed E-state index contributed by atoms with van der Waals surface area (Å²) in [6.07, 6.45) is 2.80. The van der Waals surface area contributed by atoms with Crippen LogP contribution in [-0.4, -0.2) is 11.0 Å². The van der Waals surface area contributed by atoms with Gasteiger partial charge in [-0.1, -0.05) is 6.92 Å². The number of anilines is 2. The Morgan fingerprint density at radius 3 is 3.00 bits per heavy atom. The Morgan fingerprint density at radius 1 is 1.67 bits per heavy atom. The van der Waals surface area contributed by atoms with Crippen molar-refractivity contribution in [2.45, 2.75) is 26.3 Å². The standard InChI is InChI=1S/C9H15N3/c1-3-7(2)12-9-8(10)5-4-6-11-9/h4-7H,3,10H2,1-2H3,(H,11,12)/t7-/m1/s1. The lowest BCUT2D eigenvalue weighted by molar-refractivity contribution is 0.760. The molecule has 1 aromatic heterocycles. The van der Waals surface area contributed by atoms with Crippen LogP contribution >= 0.6 is 0 Å². The summed E-state index contributed by atoms with van der Waals surface area (Å²) in [7, 11) is 0. The molecule has 1 rings (SSSR count). The first kappa shape index (κ1) is 8.84. The predicted molar refractivity (Wildman–Crippen MR) is 52.0 cm³/mol. The molecule has 3 heteroatoms. The average molecular weight is 165 g/mol. The first-order valence-electron chi connectivity index (χ1n) is 4.21. The molecule has 3 nitrogen and oxygen atoms in total. The number of nitrogens with one attached hydrogen (secondary N) is 1. The molecule has 1 aromatic rings. The van der Waals surface area contributed by atoms with E-state index in [4.69, 9.17) is 5.73 Å². The zero-order chi connectivity index (χ0) is 8.97. The number of hydrogen-bond acceptors (Lipinski definition) is 3. The Morgan fingerprint density at radius 2 is 2.42 bits per heavy atom. The summed E-state index contributed by atoms with van der Waals surface area (Å²) < 4.78 is 0. The van der Waals surface area contributed by atoms with Crippen molar-refractivity contribution in [3.63, 3.8) is 0 Å². The van der Waals surface area contributed by atoms with Crippen LogP contribution in [0.1, 0.15) is 20.3 Å². The van der Waals surface area contributed by atoms with E-state index in [1.54, 1.807) is 6.20 Å². The summed E-state index contributed by atoms with van der Waals surface area (Å²) in [6.45, 7) is 4.23. The Kier molecular flexibility index (Phi) is 2.91. The molecule has 0 fully saturated rings. The van der Waals surface area contributed by atoms with Gasteiger partial charge in [0, 0.05) is 12.2 Å². The Hall–Kier alpha value is -1.25. The lowest BCUT2D eigenvalue weighted by Gasteiger charge is -2.12. The Bertz CT molecular complexity index is 247. The Balaban J connectivity index is 2.69. The van der Waals surface area contributed by atoms with Crippen molar-refractivity contribution in [1.29, 1.82) is 0 Å². The maximum absolute atomic E-state index is 5.70. The highest BCUT2D eigenvalue weighted by molar-refractivity contribution is 5.60. The van der Waals surface area contributed by atoms with Crippen LogP contribution < -0.4 is 11.1 Å². The van der Waals surface area contributed by atoms with Gasteiger partial charge in [-0.05, 0) is 25.5 Å². The second-order valence-electron chi connectivity index (χ2n) is 2.89. The number of rotatable bonds is 3. The predicted octanol–water partition coefficient (Wildman–Crippen LogP) is 1.87. The molecule has 12 heavy (non-hydrogen) atoms. The number of nitrogens with two attached hydrogens (primary N) is 1. The third kappa shape index (κ3) is 2.12. The van der Waals surface area contributed by atoms with Crippen LogP contribution in [0.2, 0.25) is 0 Å². The fraction of sp³-hybridized carbons (Fsp3) is 0.444. The molecule has 3 N–H and O–H groups in total. The van der Waals surface area contributed by atoms with Crippen LogP contribution in [0, 0.1) is 0 Å². The quantitative estimate of drug-likeness (QED) is 0.719. The van der Waals surface area contributed by atoms with Gasteiger partial charge < -0.3 is 11.1 Å². The van der Waals surface area contributed by atoms with Crippen molar-refractivity contribution in [3.05, 3.63) is 18.3 Å². The van der Waals surface area contributed by atoms with Crippen LogP contribution in [0.15, 0.2) is 18.3 Å². The van der Waals surface area contributed by atoms with Crippen molar-refractivity contribution < 1.29 is 0 Å². The molecule has 0 unspecified atom stereocenters. The average Bonchev–Trinajstić information content (AvgIpc) is 2.09. The summed E-state index contributed by atoms with van der Waals surface area (Å²) in [5.74, 6) is 0.784. The number of nitrogen functional groups attached to an aromatic ring is 1. The molecular weight excluding hydrogens is 150 g/mol. The highest BCUT2D eigenvalue weighted by Crippen LogP contribution is 2.14. The molecule has 66 valence electrons. The minimum atomic E-state index is 0.419. The molecule has 0 amide bonds. The number of aromatic nitrogens is 1. The minimum absolute atomic E-state index is 0.419. The molecule has 0 spiro atoms. The summed E-state index contributed by atoms with van der Waals surface area (Å²) in [5, 5.41) is 3.22. The van der Waals surface area contributed by atoms with Crippen molar-refractivity contribution in [3.8, 4) is 0 Å². The second-order valence-corrected chi connectivity index (χ2v) is 2.89. The van der Waals surface area contributed by atoms with E-state index < -0.39 is 0 Å². The van der Waals surface area contributed by atoms with Crippen molar-refractivity contribution >= 4 is 11.5 Å². The summed E-state index contributed by atoms with van der Waals surface area (Å²) >= 11 is 0. The van der Waals surface area contributed by atoms with Gasteiger partial charge in [0.15, 0.2) is 0 Å². The lowest BCUT2D eigenvalue weighted by Crippen LogP contribution is -2.15. The van der Waals surface area contributed by atoms with Crippen molar-refractivity contribution in [2.75, 3.05) is 11.1 Å². The molecule has 0 saturated carbocycles. The molecule has 0 aliphatic heterocycles. The number of nitrogens with zero attached hydrogens (tertiary/aromatic N) is 1. The third-order valence-corrected chi connectivity index (χ3v) is 1.83. The molecule has 0 saturated heterocycles. The fourth-order valence-corrected chi connectivity index (χ4v) is 0.874. The van der Waals surface area contributed by atoms with Gasteiger partial charge in [-0.25, -0.2) is 4.98 Å². The van der Waals surface area contributed by atoms with Gasteiger partial charge in [-0.3, -0.25) is 0 Å². The van der Waals surface area contributed by atoms with Crippen LogP contribution in [-0.2, 0) is 0 Å². The van der Waals surface area contributed by atoms with Gasteiger partial charge >= 0.3 is 0 Å². The largest absolute Gasteiger partial charge is 0.396 e. The van der Waals surface area contributed by atoms with Crippen molar-refractivity contribution in [1.82, 2.24) is 4.98 Å². The van der Waals surface area contributed by atoms with Gasteiger partial charge in [0.25, 0.3) is 0 Å². The minimum Gasteiger partial charge on any atom is -0.396 e. The van der Waals surface area contributed by atoms with E-state index >= 15 is 0 Å². The zero-order valence-corrected chi connectivity index (χ0v) is 7.54. The van der Waals surface area contributed by atoms with Crippen LogP contribution in [0.4, 0.5) is 11.5 Å². The first-order valence-corrected chi connectivity index (χ1v) is 4.21. The maximum Gasteiger partial charge on any atom is 0.149 e. The molecular formula is C9H15N3. The molecule has 0 radical (unpaired) electrons. The number of pyridine rings is 1. The van der Waals surface area contributed by atoms with Gasteiger partial charge in [-0.2, -0.15) is 0 Å². The molecule has 0 aliphatic rings. The normalized spacial score (nSPS) is 12.5. The first-order chi connectivity index (χ1) is 5.74. The van der Waals surface area contributed by atoms with Gasteiger partial charge in [0.2, 0.25) is 0 Å². The van der Waals surface area contributed by atoms with E-state index in [0.29, 0.717) is 11.7 Å². The lowest BCUT2D eigenvalue weighted by atomic mass is 10.2. The molecule has 1 atom stereocenters. The van der Waals surface area contributed by atoms with E-state index in [0.717, 1.165) is 12.2 Å². The van der Waals surface area contributed by atoms with Gasteiger partial charge in [-0.15, -0.1) is 0 Å². The van der Waals surface area contributed by atoms with E-state index in [1.807, 2.05) is 12.1 Å². The Labute approximate surface area is 73.0 Å². The maximum atomic E-state index is 5.70. The number of hydrogen-bond donors (Lipinski definition) is 2. The zero-order valence-electron chi connectivity index (χ0n) is 7.54. The molecule has 0 aromatic carbocycles. The van der Waals surface area contributed by atoms with E-state index in [9.17, 15) is 0 Å². The van der Waals surface area contributed by atoms with E-state index in [2.05, 4.69) is 24.1 Å². The highest BCUT2D eigenvalue weighted by Gasteiger charge is 2.01. The monoisotopic (exact) mass is 165 g/mol. The summed E-state index contributed by atoms with van der Waals surface area (Å²) in [5.41, 5.74) is 6.40. The third-order valence-electron chi connectivity index (χ3n) is 1.83. The van der Waals surface area contributed by atoms with E-state index in [-0.39, 0.29) is 0 Å². The molecule has 0 bridgehead atoms. The van der Waals surface area contributed by atoms with Crippen LogP contribution in [0.5, 0.6) is 0 Å². The van der Waals surface area contributed by atoms with Crippen molar-refractivity contribution in [2.24, 2.45) is 0 Å². The molecule has 0 aliphatic carbocycles. The second kappa shape index (κ2) is 3.95. The SMILES string of the molecule is CC[C@@H](C)Nc1ncccc1N. The van der Waals surface area contributed by atoms with E-state index in [1.165, 1.54) is 0 Å². The molecule has 1 heterocycles. The van der Waals surface area contributed by atoms with Crippen LogP contribution in [0.25, 0.3) is 0 Å². The van der Waals surface area contributed by atoms with Gasteiger partial charge in [0.05, 0.1) is 5.69 Å².